The van der Waals surface area contributed by atoms with Gasteiger partial charge in [0.1, 0.15) is 23.0 Å². The average molecular weight is 375 g/mol. The van der Waals surface area contributed by atoms with Crippen LogP contribution in [0.1, 0.15) is 37.3 Å². The molecule has 0 aromatic heterocycles. The van der Waals surface area contributed by atoms with E-state index in [-0.39, 0.29) is 12.1 Å². The maximum atomic E-state index is 13.7. The molecule has 0 N–H and O–H groups in total. The Hall–Kier alpha value is -2.59. The maximum absolute atomic E-state index is 13.7. The fraction of sp³-hybridized carbons (Fsp3) is 0.375. The van der Waals surface area contributed by atoms with Crippen LogP contribution >= 0.6 is 0 Å². The molecular weight excluding hydrogens is 350 g/mol. The summed E-state index contributed by atoms with van der Waals surface area (Å²) in [4.78, 5) is 16.1. The number of para-hydroxylation sites is 2. The number of fused-ring (bicyclic) bond motifs is 4. The Morgan fingerprint density at radius 1 is 1.04 bits per heavy atom. The van der Waals surface area contributed by atoms with Crippen molar-refractivity contribution in [1.29, 1.82) is 0 Å². The smallest absolute Gasteiger partial charge is 0.321 e. The molecule has 5 rings (SSSR count). The van der Waals surface area contributed by atoms with Crippen LogP contribution in [-0.4, -0.2) is 36.1 Å². The second kappa shape index (κ2) is 6.49. The summed E-state index contributed by atoms with van der Waals surface area (Å²) in [5, 5.41) is 0. The second-order valence-electron chi connectivity index (χ2n) is 8.04. The van der Waals surface area contributed by atoms with Gasteiger partial charge < -0.3 is 9.47 Å². The van der Waals surface area contributed by atoms with E-state index < -0.39 is 5.41 Å². The van der Waals surface area contributed by atoms with Crippen LogP contribution in [0.2, 0.25) is 0 Å². The van der Waals surface area contributed by atoms with Crippen molar-refractivity contribution in [3.63, 3.8) is 0 Å². The highest BCUT2D eigenvalue weighted by Crippen LogP contribution is 2.50. The van der Waals surface area contributed by atoms with Gasteiger partial charge in [-0.2, -0.15) is 0 Å². The first-order valence-corrected chi connectivity index (χ1v) is 10.1. The third kappa shape index (κ3) is 2.44. The molecule has 2 unspecified atom stereocenters. The molecule has 4 heteroatoms. The maximum Gasteiger partial charge on any atom is 0.321 e. The third-order valence-corrected chi connectivity index (χ3v) is 6.68. The number of likely N-dealkylation sites (N-methyl/N-ethyl adjacent to an activating group) is 1. The first kappa shape index (κ1) is 17.5. The summed E-state index contributed by atoms with van der Waals surface area (Å²) in [5.41, 5.74) is 0.965. The molecular formula is C24H25NO3. The van der Waals surface area contributed by atoms with Crippen LogP contribution in [0.3, 0.4) is 0 Å². The van der Waals surface area contributed by atoms with Gasteiger partial charge in [-0.1, -0.05) is 55.5 Å². The van der Waals surface area contributed by atoms with Crippen LogP contribution in [0.25, 0.3) is 0 Å². The van der Waals surface area contributed by atoms with Gasteiger partial charge in [-0.05, 0) is 25.6 Å². The summed E-state index contributed by atoms with van der Waals surface area (Å²) < 4.78 is 12.3. The van der Waals surface area contributed by atoms with E-state index in [4.69, 9.17) is 9.47 Å². The zero-order valence-electron chi connectivity index (χ0n) is 16.3. The summed E-state index contributed by atoms with van der Waals surface area (Å²) in [6.45, 7) is 2.06. The van der Waals surface area contributed by atoms with Crippen LogP contribution in [-0.2, 0) is 14.9 Å². The molecule has 3 aliphatic heterocycles. The van der Waals surface area contributed by atoms with Gasteiger partial charge in [0.25, 0.3) is 0 Å². The van der Waals surface area contributed by atoms with Crippen molar-refractivity contribution >= 4 is 5.97 Å². The lowest BCUT2D eigenvalue weighted by molar-refractivity contribution is -0.158. The Bertz CT molecular complexity index is 889. The number of esters is 1. The van der Waals surface area contributed by atoms with Crippen molar-refractivity contribution in [2.45, 2.75) is 49.8 Å². The van der Waals surface area contributed by atoms with Crippen LogP contribution in [0.15, 0.2) is 60.7 Å². The molecule has 3 heterocycles. The van der Waals surface area contributed by atoms with Crippen molar-refractivity contribution in [2.24, 2.45) is 0 Å². The van der Waals surface area contributed by atoms with Crippen LogP contribution < -0.4 is 4.74 Å². The highest BCUT2D eigenvalue weighted by atomic mass is 16.5. The highest BCUT2D eigenvalue weighted by molar-refractivity contribution is 5.90. The van der Waals surface area contributed by atoms with Gasteiger partial charge in [0.2, 0.25) is 0 Å². The number of carbonyl (C=O) groups is 1. The molecule has 2 atom stereocenters. The van der Waals surface area contributed by atoms with Crippen molar-refractivity contribution in [1.82, 2.24) is 4.90 Å². The SMILES string of the molecule is CCC1(C(=O)OC2CC3C=CC(C2)N3C)c2ccccc2Oc2ccccc21. The fourth-order valence-corrected chi connectivity index (χ4v) is 5.07. The van der Waals surface area contributed by atoms with E-state index in [1.807, 2.05) is 48.5 Å². The quantitative estimate of drug-likeness (QED) is 0.588. The lowest BCUT2D eigenvalue weighted by Crippen LogP contribution is -2.47. The van der Waals surface area contributed by atoms with E-state index in [9.17, 15) is 4.79 Å². The van der Waals surface area contributed by atoms with Crippen molar-refractivity contribution in [3.05, 3.63) is 71.8 Å². The van der Waals surface area contributed by atoms with Crippen LogP contribution in [0.5, 0.6) is 11.5 Å². The highest BCUT2D eigenvalue weighted by Gasteiger charge is 2.49. The largest absolute Gasteiger partial charge is 0.461 e. The predicted octanol–water partition coefficient (Wildman–Crippen LogP) is 4.43. The van der Waals surface area contributed by atoms with E-state index in [0.29, 0.717) is 18.5 Å². The average Bonchev–Trinajstić information content (AvgIpc) is 2.92. The molecule has 0 radical (unpaired) electrons. The van der Waals surface area contributed by atoms with Crippen molar-refractivity contribution in [3.8, 4) is 11.5 Å². The molecule has 28 heavy (non-hydrogen) atoms. The summed E-state index contributed by atoms with van der Waals surface area (Å²) in [6, 6.07) is 16.4. The van der Waals surface area contributed by atoms with E-state index in [1.54, 1.807) is 0 Å². The molecule has 0 aliphatic carbocycles. The summed E-state index contributed by atoms with van der Waals surface area (Å²) in [7, 11) is 2.14. The number of nitrogens with zero attached hydrogens (tertiary/aromatic N) is 1. The molecule has 3 aliphatic rings. The van der Waals surface area contributed by atoms with Gasteiger partial charge in [0.05, 0.1) is 0 Å². The molecule has 2 bridgehead atoms. The predicted molar refractivity (Wildman–Crippen MR) is 108 cm³/mol. The number of hydrogen-bond acceptors (Lipinski definition) is 4. The summed E-state index contributed by atoms with van der Waals surface area (Å²) in [6.07, 6.45) is 6.77. The lowest BCUT2D eigenvalue weighted by Gasteiger charge is -2.40. The van der Waals surface area contributed by atoms with Crippen LogP contribution in [0.4, 0.5) is 0 Å². The lowest BCUT2D eigenvalue weighted by atomic mass is 9.70. The Morgan fingerprint density at radius 3 is 2.11 bits per heavy atom. The molecule has 1 saturated heterocycles. The van der Waals surface area contributed by atoms with Gasteiger partial charge in [0.15, 0.2) is 0 Å². The Morgan fingerprint density at radius 2 is 1.57 bits per heavy atom. The number of benzene rings is 2. The first-order valence-electron chi connectivity index (χ1n) is 10.1. The Kier molecular flexibility index (Phi) is 4.06. The zero-order valence-corrected chi connectivity index (χ0v) is 16.3. The monoisotopic (exact) mass is 375 g/mol. The van der Waals surface area contributed by atoms with Gasteiger partial charge in [-0.15, -0.1) is 0 Å². The molecule has 0 saturated carbocycles. The Labute approximate surface area is 165 Å². The number of rotatable bonds is 3. The van der Waals surface area contributed by atoms with Gasteiger partial charge in [-0.3, -0.25) is 9.69 Å². The minimum absolute atomic E-state index is 0.0562. The summed E-state index contributed by atoms with van der Waals surface area (Å²) >= 11 is 0. The topological polar surface area (TPSA) is 38.8 Å². The molecule has 144 valence electrons. The molecule has 0 amide bonds. The number of piperidine rings is 1. The minimum atomic E-state index is -0.832. The molecule has 2 aromatic carbocycles. The Balaban J connectivity index is 1.53. The third-order valence-electron chi connectivity index (χ3n) is 6.68. The number of ether oxygens (including phenoxy) is 2. The standard InChI is InChI=1S/C24H25NO3/c1-3-24(23(26)27-18-14-16-12-13-17(15-18)25(16)2)19-8-4-6-10-21(19)28-22-11-7-5-9-20(22)24/h4-13,16-18H,3,14-15H2,1-2H3. The summed E-state index contributed by atoms with van der Waals surface area (Å²) in [5.74, 6) is 1.32. The molecule has 0 spiro atoms. The van der Waals surface area contributed by atoms with Gasteiger partial charge in [-0.25, -0.2) is 0 Å². The van der Waals surface area contributed by atoms with Crippen LogP contribution in [0, 0.1) is 0 Å². The second-order valence-corrected chi connectivity index (χ2v) is 8.04. The van der Waals surface area contributed by atoms with Gasteiger partial charge in [0, 0.05) is 36.1 Å². The zero-order chi connectivity index (χ0) is 19.3. The fourth-order valence-electron chi connectivity index (χ4n) is 5.07. The minimum Gasteiger partial charge on any atom is -0.461 e. The molecule has 1 fully saturated rings. The normalized spacial score (nSPS) is 26.9. The number of carbonyl (C=O) groups excluding carboxylic acids is 1. The number of hydrogen-bond donors (Lipinski definition) is 0. The van der Waals surface area contributed by atoms with E-state index in [2.05, 4.69) is 31.0 Å². The first-order chi connectivity index (χ1) is 13.6. The van der Waals surface area contributed by atoms with E-state index >= 15 is 0 Å². The van der Waals surface area contributed by atoms with Crippen molar-refractivity contribution < 1.29 is 14.3 Å². The molecule has 2 aromatic rings. The molecule has 4 nitrogen and oxygen atoms in total. The van der Waals surface area contributed by atoms with Gasteiger partial charge >= 0.3 is 5.97 Å². The van der Waals surface area contributed by atoms with E-state index in [1.165, 1.54) is 0 Å². The van der Waals surface area contributed by atoms with Crippen molar-refractivity contribution in [2.75, 3.05) is 7.05 Å². The van der Waals surface area contributed by atoms with E-state index in [0.717, 1.165) is 35.5 Å².